The van der Waals surface area contributed by atoms with Gasteiger partial charge in [0, 0.05) is 13.1 Å². The van der Waals surface area contributed by atoms with Gasteiger partial charge in [-0.2, -0.15) is 4.31 Å². The van der Waals surface area contributed by atoms with Gasteiger partial charge in [0.15, 0.2) is 5.82 Å². The van der Waals surface area contributed by atoms with Crippen molar-refractivity contribution in [2.75, 3.05) is 26.7 Å². The first-order chi connectivity index (χ1) is 9.87. The van der Waals surface area contributed by atoms with E-state index in [1.807, 2.05) is 7.05 Å². The van der Waals surface area contributed by atoms with Crippen LogP contribution in [0.1, 0.15) is 12.8 Å². The van der Waals surface area contributed by atoms with Crippen molar-refractivity contribution in [2.24, 2.45) is 5.92 Å². The van der Waals surface area contributed by atoms with E-state index in [4.69, 9.17) is 23.2 Å². The second kappa shape index (κ2) is 6.79. The van der Waals surface area contributed by atoms with E-state index in [9.17, 15) is 12.8 Å². The minimum atomic E-state index is -3.79. The number of hydrogen-bond donors (Lipinski definition) is 1. The summed E-state index contributed by atoms with van der Waals surface area (Å²) in [6, 6.07) is 2.46. The summed E-state index contributed by atoms with van der Waals surface area (Å²) in [6.07, 6.45) is 1.54. The highest BCUT2D eigenvalue weighted by Gasteiger charge is 2.31. The Hall–Kier alpha value is -0.400. The van der Waals surface area contributed by atoms with Crippen LogP contribution in [0.5, 0.6) is 0 Å². The van der Waals surface area contributed by atoms with Crippen LogP contribution in [0.4, 0.5) is 4.39 Å². The van der Waals surface area contributed by atoms with Crippen LogP contribution >= 0.6 is 23.2 Å². The number of nitrogens with zero attached hydrogens (tertiary/aromatic N) is 1. The van der Waals surface area contributed by atoms with E-state index in [0.717, 1.165) is 19.4 Å². The number of piperidine rings is 1. The summed E-state index contributed by atoms with van der Waals surface area (Å²) in [7, 11) is -1.91. The maximum absolute atomic E-state index is 13.7. The Morgan fingerprint density at radius 3 is 2.52 bits per heavy atom. The normalized spacial score (nSPS) is 18.1. The molecule has 0 amide bonds. The highest BCUT2D eigenvalue weighted by molar-refractivity contribution is 7.89. The Bertz CT molecular complexity index is 617. The molecule has 1 N–H and O–H groups in total. The minimum absolute atomic E-state index is 0.188. The summed E-state index contributed by atoms with van der Waals surface area (Å²) in [4.78, 5) is -0.224. The molecule has 0 bridgehead atoms. The Labute approximate surface area is 134 Å². The van der Waals surface area contributed by atoms with Crippen molar-refractivity contribution in [1.29, 1.82) is 0 Å². The van der Waals surface area contributed by atoms with Crippen molar-refractivity contribution in [2.45, 2.75) is 17.7 Å². The van der Waals surface area contributed by atoms with Crippen LogP contribution in [0.3, 0.4) is 0 Å². The maximum Gasteiger partial charge on any atom is 0.244 e. The SMILES string of the molecule is CNCC1CCN(S(=O)(=O)c2ccc(Cl)c(F)c2Cl)CC1. The monoisotopic (exact) mass is 354 g/mol. The van der Waals surface area contributed by atoms with Crippen LogP contribution in [0.25, 0.3) is 0 Å². The Morgan fingerprint density at radius 2 is 1.95 bits per heavy atom. The van der Waals surface area contributed by atoms with Gasteiger partial charge in [0.1, 0.15) is 4.90 Å². The van der Waals surface area contributed by atoms with Gasteiger partial charge in [0.25, 0.3) is 0 Å². The first-order valence-electron chi connectivity index (χ1n) is 6.66. The average Bonchev–Trinajstić information content (AvgIpc) is 2.45. The summed E-state index contributed by atoms with van der Waals surface area (Å²) in [5.74, 6) is -0.441. The summed E-state index contributed by atoms with van der Waals surface area (Å²) in [6.45, 7) is 1.69. The molecule has 0 aromatic heterocycles. The molecule has 1 heterocycles. The lowest BCUT2D eigenvalue weighted by Crippen LogP contribution is -2.40. The molecule has 1 aliphatic rings. The summed E-state index contributed by atoms with van der Waals surface area (Å²) in [5.41, 5.74) is 0. The molecule has 1 fully saturated rings. The molecule has 0 atom stereocenters. The molecule has 1 aromatic rings. The van der Waals surface area contributed by atoms with Crippen LogP contribution in [-0.2, 0) is 10.0 Å². The van der Waals surface area contributed by atoms with E-state index in [1.54, 1.807) is 0 Å². The highest BCUT2D eigenvalue weighted by Crippen LogP contribution is 2.32. The Balaban J connectivity index is 2.22. The summed E-state index contributed by atoms with van der Waals surface area (Å²) < 4.78 is 40.2. The van der Waals surface area contributed by atoms with Crippen LogP contribution in [0, 0.1) is 11.7 Å². The molecule has 4 nitrogen and oxygen atoms in total. The zero-order chi connectivity index (χ0) is 15.6. The molecule has 0 spiro atoms. The van der Waals surface area contributed by atoms with E-state index in [2.05, 4.69) is 5.32 Å². The number of rotatable bonds is 4. The van der Waals surface area contributed by atoms with E-state index in [-0.39, 0.29) is 9.92 Å². The van der Waals surface area contributed by atoms with E-state index < -0.39 is 20.9 Å². The first kappa shape index (κ1) is 17.0. The average molecular weight is 355 g/mol. The van der Waals surface area contributed by atoms with Crippen LogP contribution in [0.2, 0.25) is 10.0 Å². The molecule has 0 radical (unpaired) electrons. The second-order valence-electron chi connectivity index (χ2n) is 5.08. The lowest BCUT2D eigenvalue weighted by atomic mass is 9.98. The maximum atomic E-state index is 13.7. The number of sulfonamides is 1. The molecule has 0 aliphatic carbocycles. The molecular weight excluding hydrogens is 338 g/mol. The summed E-state index contributed by atoms with van der Waals surface area (Å²) >= 11 is 11.4. The second-order valence-corrected chi connectivity index (χ2v) is 7.77. The minimum Gasteiger partial charge on any atom is -0.319 e. The first-order valence-corrected chi connectivity index (χ1v) is 8.85. The Morgan fingerprint density at radius 1 is 1.33 bits per heavy atom. The van der Waals surface area contributed by atoms with Crippen LogP contribution < -0.4 is 5.32 Å². The fourth-order valence-corrected chi connectivity index (χ4v) is 4.68. The van der Waals surface area contributed by atoms with Crippen LogP contribution in [-0.4, -0.2) is 39.4 Å². The van der Waals surface area contributed by atoms with Gasteiger partial charge in [-0.1, -0.05) is 23.2 Å². The third-order valence-corrected chi connectivity index (χ3v) is 6.40. The molecule has 8 heteroatoms. The van der Waals surface area contributed by atoms with Gasteiger partial charge in [0.2, 0.25) is 10.0 Å². The molecular formula is C13H17Cl2FN2O2S. The van der Waals surface area contributed by atoms with Crippen molar-refractivity contribution >= 4 is 33.2 Å². The molecule has 0 unspecified atom stereocenters. The van der Waals surface area contributed by atoms with Gasteiger partial charge in [-0.05, 0) is 44.5 Å². The van der Waals surface area contributed by atoms with Gasteiger partial charge < -0.3 is 5.32 Å². The van der Waals surface area contributed by atoms with Gasteiger partial charge in [-0.25, -0.2) is 12.8 Å². The molecule has 1 aliphatic heterocycles. The number of nitrogens with one attached hydrogen (secondary N) is 1. The quantitative estimate of drug-likeness (QED) is 0.845. The third-order valence-electron chi connectivity index (χ3n) is 3.68. The van der Waals surface area contributed by atoms with Crippen molar-refractivity contribution < 1.29 is 12.8 Å². The van der Waals surface area contributed by atoms with Gasteiger partial charge in [0.05, 0.1) is 10.0 Å². The number of benzene rings is 1. The highest BCUT2D eigenvalue weighted by atomic mass is 35.5. The Kier molecular flexibility index (Phi) is 5.48. The lowest BCUT2D eigenvalue weighted by molar-refractivity contribution is 0.270. The smallest absolute Gasteiger partial charge is 0.244 e. The van der Waals surface area contributed by atoms with Crippen LogP contribution in [0.15, 0.2) is 17.0 Å². The van der Waals surface area contributed by atoms with Gasteiger partial charge >= 0.3 is 0 Å². The van der Waals surface area contributed by atoms with Gasteiger partial charge in [-0.15, -0.1) is 0 Å². The predicted octanol–water partition coefficient (Wildman–Crippen LogP) is 2.75. The molecule has 0 saturated carbocycles. The molecule has 1 saturated heterocycles. The third kappa shape index (κ3) is 3.51. The molecule has 21 heavy (non-hydrogen) atoms. The largest absolute Gasteiger partial charge is 0.319 e. The molecule has 118 valence electrons. The van der Waals surface area contributed by atoms with E-state index in [0.29, 0.717) is 19.0 Å². The number of hydrogen-bond acceptors (Lipinski definition) is 3. The van der Waals surface area contributed by atoms with E-state index in [1.165, 1.54) is 16.4 Å². The zero-order valence-electron chi connectivity index (χ0n) is 11.6. The molecule has 1 aromatic carbocycles. The van der Waals surface area contributed by atoms with Crippen molar-refractivity contribution in [3.05, 3.63) is 28.0 Å². The fraction of sp³-hybridized carbons (Fsp3) is 0.538. The predicted molar refractivity (Wildman–Crippen MR) is 81.8 cm³/mol. The van der Waals surface area contributed by atoms with E-state index >= 15 is 0 Å². The van der Waals surface area contributed by atoms with Crippen molar-refractivity contribution in [3.8, 4) is 0 Å². The standard InChI is InChI=1S/C13H17Cl2FN2O2S/c1-17-8-9-4-6-18(7-5-9)21(19,20)11-3-2-10(14)13(16)12(11)15/h2-3,9,17H,4-8H2,1H3. The zero-order valence-corrected chi connectivity index (χ0v) is 13.9. The fourth-order valence-electron chi connectivity index (χ4n) is 2.49. The molecule has 2 rings (SSSR count). The van der Waals surface area contributed by atoms with Gasteiger partial charge in [-0.3, -0.25) is 0 Å². The number of halogens is 3. The summed E-state index contributed by atoms with van der Waals surface area (Å²) in [5, 5.41) is 2.46. The van der Waals surface area contributed by atoms with Crippen molar-refractivity contribution in [3.63, 3.8) is 0 Å². The van der Waals surface area contributed by atoms with Crippen molar-refractivity contribution in [1.82, 2.24) is 9.62 Å². The topological polar surface area (TPSA) is 49.4 Å². The lowest BCUT2D eigenvalue weighted by Gasteiger charge is -2.31.